The van der Waals surface area contributed by atoms with Gasteiger partial charge in [-0.2, -0.15) is 0 Å². The Morgan fingerprint density at radius 3 is 1.09 bits per heavy atom. The maximum absolute atomic E-state index is 3.12. The molecule has 2 aliphatic rings. The molecule has 0 fully saturated rings. The van der Waals surface area contributed by atoms with Gasteiger partial charge in [-0.25, -0.2) is 0 Å². The van der Waals surface area contributed by atoms with Gasteiger partial charge >= 0.3 is 0 Å². The summed E-state index contributed by atoms with van der Waals surface area (Å²) < 4.78 is 2.52. The van der Waals surface area contributed by atoms with Crippen LogP contribution in [0.15, 0.2) is 364 Å². The van der Waals surface area contributed by atoms with Crippen LogP contribution in [0.5, 0.6) is 0 Å². The Hall–Kier alpha value is -11.0. The van der Waals surface area contributed by atoms with Gasteiger partial charge < -0.3 is 14.4 Å². The molecule has 14 aromatic carbocycles. The van der Waals surface area contributed by atoms with E-state index in [0.717, 1.165) is 39.5 Å². The Morgan fingerprint density at radius 2 is 0.611 bits per heavy atom. The fourth-order valence-corrected chi connectivity index (χ4v) is 25.1. The second-order valence-electron chi connectivity index (χ2n) is 23.8. The lowest BCUT2D eigenvalue weighted by molar-refractivity contribution is 1.16. The first-order chi connectivity index (χ1) is 44.7. The summed E-state index contributed by atoms with van der Waals surface area (Å²) in [5.41, 5.74) is 16.5. The molecular formula is C84H60BN3Si2. The Kier molecular flexibility index (Phi) is 13.0. The summed E-state index contributed by atoms with van der Waals surface area (Å²) in [5.74, 6) is 0. The molecule has 0 N–H and O–H groups in total. The molecule has 90 heavy (non-hydrogen) atoms. The summed E-state index contributed by atoms with van der Waals surface area (Å²) in [5, 5.41) is 13.1. The number of para-hydroxylation sites is 3. The average molecular weight is 1180 g/mol. The van der Waals surface area contributed by atoms with E-state index in [1.54, 1.807) is 0 Å². The van der Waals surface area contributed by atoms with E-state index in [-0.39, 0.29) is 6.71 Å². The first-order valence-electron chi connectivity index (χ1n) is 31.3. The molecular weight excluding hydrogens is 1120 g/mol. The van der Waals surface area contributed by atoms with Gasteiger partial charge in [-0.15, -0.1) is 0 Å². The molecule has 0 atom stereocenters. The summed E-state index contributed by atoms with van der Waals surface area (Å²) >= 11 is 0. The SMILES string of the molecule is c1ccc(-c2cccc3c2B2c4ccc([Si](c5ccccc5)(c5ccccc5)c5ccccc5)cc4N(c4cccc([Si](c5ccccc5)(c5ccccc5)c5ccccc5)c4)c4cc(-n5c6ccccc6c6ccccc65)cc(c42)N3c2ccccc2)cc1. The minimum atomic E-state index is -3.12. The zero-order valence-corrected chi connectivity index (χ0v) is 51.6. The third-order valence-corrected chi connectivity index (χ3v) is 28.8. The highest BCUT2D eigenvalue weighted by molar-refractivity contribution is 7.20. The monoisotopic (exact) mass is 1180 g/mol. The maximum Gasteiger partial charge on any atom is 0.252 e. The highest BCUT2D eigenvalue weighted by atomic mass is 28.3. The molecule has 0 saturated heterocycles. The molecule has 3 heterocycles. The highest BCUT2D eigenvalue weighted by Crippen LogP contribution is 2.47. The quantitative estimate of drug-likeness (QED) is 0.0892. The predicted molar refractivity (Wildman–Crippen MR) is 387 cm³/mol. The van der Waals surface area contributed by atoms with Crippen LogP contribution in [0.4, 0.5) is 34.1 Å². The number of aromatic nitrogens is 1. The molecule has 422 valence electrons. The average Bonchev–Trinajstić information content (AvgIpc) is 0.735. The van der Waals surface area contributed by atoms with Gasteiger partial charge in [0.1, 0.15) is 0 Å². The number of rotatable bonds is 12. The topological polar surface area (TPSA) is 11.4 Å². The van der Waals surface area contributed by atoms with E-state index in [2.05, 4.69) is 378 Å². The predicted octanol–water partition coefficient (Wildman–Crippen LogP) is 13.3. The lowest BCUT2D eigenvalue weighted by Gasteiger charge is -2.46. The first kappa shape index (κ1) is 53.2. The van der Waals surface area contributed by atoms with E-state index >= 15 is 0 Å². The van der Waals surface area contributed by atoms with Gasteiger partial charge in [0.15, 0.2) is 16.1 Å². The van der Waals surface area contributed by atoms with E-state index in [0.29, 0.717) is 0 Å². The van der Waals surface area contributed by atoms with Gasteiger partial charge in [0, 0.05) is 44.9 Å². The summed E-state index contributed by atoms with van der Waals surface area (Å²) in [4.78, 5) is 5.26. The van der Waals surface area contributed by atoms with Crippen LogP contribution in [0, 0.1) is 0 Å². The molecule has 6 heteroatoms. The highest BCUT2D eigenvalue weighted by Gasteiger charge is 2.49. The number of hydrogen-bond acceptors (Lipinski definition) is 2. The van der Waals surface area contributed by atoms with Gasteiger partial charge in [-0.3, -0.25) is 0 Å². The molecule has 2 aliphatic heterocycles. The van der Waals surface area contributed by atoms with Crippen molar-refractivity contribution < 1.29 is 0 Å². The standard InChI is InChI=1S/C84H60BN3Si2/c1-9-31-61(32-10-1)73-51-30-54-79-83(73)85-76-56-55-72(90(68-42-19-6-20-43-68,69-44-21-7-22-45-69)70-46-23-8-24-47-70)60-80(76)87(63-35-29-48-71(57-63)89(65-36-13-3-14-37-65,66-38-15-4-16-39-66)67-40-17-5-18-41-67)82-59-64(58-81(84(82)85)86(79)62-33-11-2-12-34-62)88-77-52-27-25-49-74(77)75-50-26-28-53-78(75)88/h1-60H. The van der Waals surface area contributed by atoms with Crippen molar-refractivity contribution in [3.63, 3.8) is 0 Å². The Morgan fingerprint density at radius 1 is 0.233 bits per heavy atom. The molecule has 0 unspecified atom stereocenters. The molecule has 3 nitrogen and oxygen atoms in total. The van der Waals surface area contributed by atoms with Crippen molar-refractivity contribution in [2.45, 2.75) is 0 Å². The van der Waals surface area contributed by atoms with Crippen molar-refractivity contribution in [2.24, 2.45) is 0 Å². The van der Waals surface area contributed by atoms with Crippen molar-refractivity contribution in [1.29, 1.82) is 0 Å². The minimum absolute atomic E-state index is 0.190. The molecule has 15 aromatic rings. The van der Waals surface area contributed by atoms with Crippen LogP contribution >= 0.6 is 0 Å². The van der Waals surface area contributed by atoms with Gasteiger partial charge in [0.2, 0.25) is 0 Å². The fraction of sp³-hybridized carbons (Fsp3) is 0. The van der Waals surface area contributed by atoms with Gasteiger partial charge in [0.25, 0.3) is 6.71 Å². The zero-order chi connectivity index (χ0) is 59.6. The number of anilines is 6. The lowest BCUT2D eigenvalue weighted by atomic mass is 9.32. The maximum atomic E-state index is 2.69. The van der Waals surface area contributed by atoms with Crippen LogP contribution in [0.2, 0.25) is 0 Å². The first-order valence-corrected chi connectivity index (χ1v) is 35.3. The summed E-state index contributed by atoms with van der Waals surface area (Å²) in [7, 11) is -6.19. The lowest BCUT2D eigenvalue weighted by Crippen LogP contribution is -2.75. The van der Waals surface area contributed by atoms with Crippen LogP contribution in [-0.2, 0) is 0 Å². The van der Waals surface area contributed by atoms with Gasteiger partial charge in [-0.1, -0.05) is 303 Å². The van der Waals surface area contributed by atoms with E-state index in [9.17, 15) is 0 Å². The van der Waals surface area contributed by atoms with E-state index in [4.69, 9.17) is 0 Å². The van der Waals surface area contributed by atoms with E-state index < -0.39 is 16.1 Å². The zero-order valence-electron chi connectivity index (χ0n) is 49.6. The van der Waals surface area contributed by atoms with Crippen molar-refractivity contribution in [1.82, 2.24) is 4.57 Å². The molecule has 0 radical (unpaired) electrons. The molecule has 0 amide bonds. The van der Waals surface area contributed by atoms with Crippen LogP contribution in [0.25, 0.3) is 38.6 Å². The molecule has 0 bridgehead atoms. The van der Waals surface area contributed by atoms with Gasteiger partial charge in [-0.05, 0) is 130 Å². The summed E-state index contributed by atoms with van der Waals surface area (Å²) in [6.07, 6.45) is 0. The van der Waals surface area contributed by atoms with Crippen molar-refractivity contribution in [3.05, 3.63) is 364 Å². The number of benzene rings is 14. The van der Waals surface area contributed by atoms with Crippen LogP contribution < -0.4 is 67.7 Å². The van der Waals surface area contributed by atoms with Crippen molar-refractivity contribution >= 4 is 137 Å². The van der Waals surface area contributed by atoms with Gasteiger partial charge in [0.05, 0.1) is 16.7 Å². The largest absolute Gasteiger partial charge is 0.311 e. The van der Waals surface area contributed by atoms with Crippen LogP contribution in [0.3, 0.4) is 0 Å². The normalized spacial score (nSPS) is 12.6. The Balaban J connectivity index is 1.05. The third-order valence-electron chi connectivity index (χ3n) is 19.2. The number of fused-ring (bicyclic) bond motifs is 7. The van der Waals surface area contributed by atoms with Crippen molar-refractivity contribution in [3.8, 4) is 16.8 Å². The van der Waals surface area contributed by atoms with Crippen LogP contribution in [-0.4, -0.2) is 27.4 Å². The Bertz CT molecular complexity index is 4880. The number of hydrogen-bond donors (Lipinski definition) is 0. The second-order valence-corrected chi connectivity index (χ2v) is 31.5. The molecule has 0 saturated carbocycles. The van der Waals surface area contributed by atoms with E-state index in [1.807, 2.05) is 0 Å². The fourth-order valence-electron chi connectivity index (χ4n) is 15.6. The smallest absolute Gasteiger partial charge is 0.252 e. The summed E-state index contributed by atoms with van der Waals surface area (Å²) in [6, 6.07) is 138. The molecule has 17 rings (SSSR count). The molecule has 0 aliphatic carbocycles. The number of nitrogens with zero attached hydrogens (tertiary/aromatic N) is 3. The van der Waals surface area contributed by atoms with E-state index in [1.165, 1.54) is 91.2 Å². The minimum Gasteiger partial charge on any atom is -0.311 e. The van der Waals surface area contributed by atoms with Crippen molar-refractivity contribution in [2.75, 3.05) is 9.80 Å². The third kappa shape index (κ3) is 8.26. The summed E-state index contributed by atoms with van der Waals surface area (Å²) in [6.45, 7) is -0.190. The Labute approximate surface area is 528 Å². The second kappa shape index (κ2) is 22.0. The molecule has 1 aromatic heterocycles. The molecule has 0 spiro atoms. The van der Waals surface area contributed by atoms with Crippen LogP contribution in [0.1, 0.15) is 0 Å².